The lowest BCUT2D eigenvalue weighted by atomic mass is 9.76. The number of ether oxygens (including phenoxy) is 1. The van der Waals surface area contributed by atoms with Crippen LogP contribution in [0.1, 0.15) is 60.1 Å². The molecule has 2 aliphatic heterocycles. The first-order valence-electron chi connectivity index (χ1n) is 13.4. The van der Waals surface area contributed by atoms with Gasteiger partial charge in [0.1, 0.15) is 0 Å². The van der Waals surface area contributed by atoms with E-state index in [9.17, 15) is 5.11 Å². The fourth-order valence-electron chi connectivity index (χ4n) is 6.30. The number of thioether (sulfide) groups is 2. The summed E-state index contributed by atoms with van der Waals surface area (Å²) in [4.78, 5) is 2.81. The molecule has 2 heterocycles. The van der Waals surface area contributed by atoms with Crippen molar-refractivity contribution in [1.29, 1.82) is 0 Å². The van der Waals surface area contributed by atoms with E-state index in [1.54, 1.807) is 0 Å². The SMILES string of the molecule is CNC(C1CCC1)C(OC1CC1C(NC)C(O)c1ccc2c(c1)CCS2)c1ccc2c(c1)CCS2. The second-order valence-electron chi connectivity index (χ2n) is 10.7. The largest absolute Gasteiger partial charge is 0.387 e. The van der Waals surface area contributed by atoms with Gasteiger partial charge in [0.2, 0.25) is 0 Å². The predicted molar refractivity (Wildman–Crippen MR) is 145 cm³/mol. The fourth-order valence-corrected chi connectivity index (χ4v) is 8.41. The summed E-state index contributed by atoms with van der Waals surface area (Å²) < 4.78 is 6.95. The van der Waals surface area contributed by atoms with Crippen molar-refractivity contribution in [2.45, 2.75) is 78.7 Å². The van der Waals surface area contributed by atoms with E-state index in [0.717, 1.165) is 30.6 Å². The van der Waals surface area contributed by atoms with Crippen LogP contribution >= 0.6 is 23.5 Å². The van der Waals surface area contributed by atoms with Crippen molar-refractivity contribution in [2.75, 3.05) is 25.6 Å². The van der Waals surface area contributed by atoms with Gasteiger partial charge in [0, 0.05) is 39.3 Å². The summed E-state index contributed by atoms with van der Waals surface area (Å²) in [5, 5.41) is 18.4. The fraction of sp³-hybridized carbons (Fsp3) is 0.586. The predicted octanol–water partition coefficient (Wildman–Crippen LogP) is 5.14. The maximum Gasteiger partial charge on any atom is 0.0984 e. The third kappa shape index (κ3) is 4.83. The van der Waals surface area contributed by atoms with Gasteiger partial charge in [-0.25, -0.2) is 0 Å². The van der Waals surface area contributed by atoms with Gasteiger partial charge in [-0.05, 0) is 86.5 Å². The highest BCUT2D eigenvalue weighted by atomic mass is 32.2. The number of aryl methyl sites for hydroxylation is 2. The van der Waals surface area contributed by atoms with E-state index in [-0.39, 0.29) is 18.2 Å². The number of hydrogen-bond acceptors (Lipinski definition) is 6. The van der Waals surface area contributed by atoms with Gasteiger partial charge in [-0.2, -0.15) is 0 Å². The van der Waals surface area contributed by atoms with Gasteiger partial charge >= 0.3 is 0 Å². The van der Waals surface area contributed by atoms with Gasteiger partial charge in [-0.15, -0.1) is 23.5 Å². The molecule has 0 radical (unpaired) electrons. The van der Waals surface area contributed by atoms with Gasteiger partial charge in [0.25, 0.3) is 0 Å². The summed E-state index contributed by atoms with van der Waals surface area (Å²) in [5.74, 6) is 3.35. The summed E-state index contributed by atoms with van der Waals surface area (Å²) in [6.45, 7) is 0. The standard InChI is InChI=1S/C29H38N2O2S2/c1-30-26(17-4-3-5-17)29(21-7-9-25-19(15-21)11-13-35-25)33-23-16-22(23)27(31-2)28(32)20-6-8-24-18(14-20)10-12-34-24/h6-9,14-15,17,22-23,26-32H,3-5,10-13,16H2,1-2H3. The van der Waals surface area contributed by atoms with Crippen LogP contribution in [0.15, 0.2) is 46.2 Å². The minimum absolute atomic E-state index is 0.000847. The second kappa shape index (κ2) is 10.4. The average molecular weight is 511 g/mol. The summed E-state index contributed by atoms with van der Waals surface area (Å²) >= 11 is 3.90. The number of hydrogen-bond donors (Lipinski definition) is 3. The van der Waals surface area contributed by atoms with Crippen molar-refractivity contribution in [3.05, 3.63) is 58.7 Å². The Morgan fingerprint density at radius 2 is 1.51 bits per heavy atom. The van der Waals surface area contributed by atoms with Crippen LogP contribution < -0.4 is 10.6 Å². The molecule has 6 atom stereocenters. The van der Waals surface area contributed by atoms with Crippen molar-refractivity contribution >= 4 is 23.5 Å². The maximum absolute atomic E-state index is 11.3. The van der Waals surface area contributed by atoms with Crippen LogP contribution in [-0.4, -0.2) is 48.9 Å². The second-order valence-corrected chi connectivity index (χ2v) is 13.0. The molecular formula is C29H38N2O2S2. The van der Waals surface area contributed by atoms with Gasteiger partial charge in [-0.1, -0.05) is 30.7 Å². The molecule has 6 unspecified atom stereocenters. The summed E-state index contributed by atoms with van der Waals surface area (Å²) in [5.41, 5.74) is 5.22. The van der Waals surface area contributed by atoms with Crippen LogP contribution in [0.25, 0.3) is 0 Å². The Bertz CT molecular complexity index is 1060. The van der Waals surface area contributed by atoms with E-state index in [1.165, 1.54) is 51.5 Å². The van der Waals surface area contributed by atoms with Crippen LogP contribution in [-0.2, 0) is 17.6 Å². The number of likely N-dealkylation sites (N-methyl/N-ethyl adjacent to an activating group) is 2. The lowest BCUT2D eigenvalue weighted by Crippen LogP contribution is -2.43. The Hall–Kier alpha value is -1.02. The molecule has 2 fully saturated rings. The minimum Gasteiger partial charge on any atom is -0.387 e. The Kier molecular flexibility index (Phi) is 7.22. The Morgan fingerprint density at radius 1 is 0.886 bits per heavy atom. The topological polar surface area (TPSA) is 53.5 Å². The van der Waals surface area contributed by atoms with Crippen molar-refractivity contribution in [2.24, 2.45) is 11.8 Å². The van der Waals surface area contributed by atoms with Crippen molar-refractivity contribution < 1.29 is 9.84 Å². The number of benzene rings is 2. The van der Waals surface area contributed by atoms with Crippen LogP contribution in [0, 0.1) is 11.8 Å². The quantitative estimate of drug-likeness (QED) is 0.412. The molecule has 35 heavy (non-hydrogen) atoms. The van der Waals surface area contributed by atoms with E-state index in [4.69, 9.17) is 4.74 Å². The van der Waals surface area contributed by atoms with Gasteiger partial charge < -0.3 is 20.5 Å². The van der Waals surface area contributed by atoms with E-state index in [0.29, 0.717) is 17.9 Å². The third-order valence-electron chi connectivity index (χ3n) is 8.65. The normalized spacial score (nSPS) is 26.5. The molecule has 3 N–H and O–H groups in total. The molecule has 0 spiro atoms. The first kappa shape index (κ1) is 24.3. The third-order valence-corrected chi connectivity index (χ3v) is 10.9. The first-order valence-corrected chi connectivity index (χ1v) is 15.3. The van der Waals surface area contributed by atoms with Crippen molar-refractivity contribution in [3.63, 3.8) is 0 Å². The number of aliphatic hydroxyl groups is 1. The molecule has 2 aliphatic carbocycles. The molecule has 0 saturated heterocycles. The Morgan fingerprint density at radius 3 is 2.11 bits per heavy atom. The van der Waals surface area contributed by atoms with Crippen LogP contribution in [0.3, 0.4) is 0 Å². The molecule has 188 valence electrons. The zero-order valence-corrected chi connectivity index (χ0v) is 22.5. The van der Waals surface area contributed by atoms with Crippen LogP contribution in [0.2, 0.25) is 0 Å². The smallest absolute Gasteiger partial charge is 0.0984 e. The zero-order chi connectivity index (χ0) is 23.9. The molecule has 6 heteroatoms. The summed E-state index contributed by atoms with van der Waals surface area (Å²) in [6, 6.07) is 13.9. The monoisotopic (exact) mass is 510 g/mol. The van der Waals surface area contributed by atoms with E-state index in [1.807, 2.05) is 30.6 Å². The lowest BCUT2D eigenvalue weighted by molar-refractivity contribution is -0.0233. The van der Waals surface area contributed by atoms with Crippen LogP contribution in [0.4, 0.5) is 0 Å². The number of fused-ring (bicyclic) bond motifs is 2. The highest BCUT2D eigenvalue weighted by molar-refractivity contribution is 7.99. The lowest BCUT2D eigenvalue weighted by Gasteiger charge is -2.39. The van der Waals surface area contributed by atoms with Gasteiger partial charge in [0.15, 0.2) is 0 Å². The molecule has 6 rings (SSSR count). The number of aliphatic hydroxyl groups excluding tert-OH is 1. The molecule has 2 saturated carbocycles. The van der Waals surface area contributed by atoms with Gasteiger partial charge in [0.05, 0.1) is 18.3 Å². The highest BCUT2D eigenvalue weighted by Gasteiger charge is 2.49. The highest BCUT2D eigenvalue weighted by Crippen LogP contribution is 2.47. The van der Waals surface area contributed by atoms with E-state index < -0.39 is 6.10 Å². The minimum atomic E-state index is -0.517. The Balaban J connectivity index is 1.19. The first-order chi connectivity index (χ1) is 17.2. The van der Waals surface area contributed by atoms with Crippen LogP contribution in [0.5, 0.6) is 0 Å². The van der Waals surface area contributed by atoms with E-state index >= 15 is 0 Å². The van der Waals surface area contributed by atoms with Gasteiger partial charge in [-0.3, -0.25) is 0 Å². The number of nitrogens with one attached hydrogen (secondary N) is 2. The molecule has 0 bridgehead atoms. The molecule has 0 aromatic heterocycles. The summed E-state index contributed by atoms with van der Waals surface area (Å²) in [6.07, 6.45) is 6.89. The average Bonchev–Trinajstić information content (AvgIpc) is 3.22. The van der Waals surface area contributed by atoms with E-state index in [2.05, 4.69) is 54.1 Å². The van der Waals surface area contributed by atoms with Crippen molar-refractivity contribution in [1.82, 2.24) is 10.6 Å². The Labute approximate surface area is 218 Å². The summed E-state index contributed by atoms with van der Waals surface area (Å²) in [7, 11) is 4.08. The molecular weight excluding hydrogens is 472 g/mol. The maximum atomic E-state index is 11.3. The number of rotatable bonds is 10. The molecule has 0 amide bonds. The molecule has 4 nitrogen and oxygen atoms in total. The molecule has 2 aromatic carbocycles. The zero-order valence-electron chi connectivity index (χ0n) is 20.8. The van der Waals surface area contributed by atoms with Crippen molar-refractivity contribution in [3.8, 4) is 0 Å². The molecule has 4 aliphatic rings. The molecule has 2 aromatic rings.